The Bertz CT molecular complexity index is 333. The molecular weight excluding hydrogens is 200 g/mol. The van der Waals surface area contributed by atoms with Gasteiger partial charge < -0.3 is 10.1 Å². The number of esters is 1. The zero-order chi connectivity index (χ0) is 9.97. The van der Waals surface area contributed by atoms with Gasteiger partial charge >= 0.3 is 5.97 Å². The summed E-state index contributed by atoms with van der Waals surface area (Å²) >= 11 is 1.35. The van der Waals surface area contributed by atoms with Crippen molar-refractivity contribution in [3.63, 3.8) is 0 Å². The number of carbonyl (C=O) groups is 1. The lowest BCUT2D eigenvalue weighted by atomic mass is 9.93. The Balaban J connectivity index is 1.98. The summed E-state index contributed by atoms with van der Waals surface area (Å²) in [5.74, 6) is -0.316. The van der Waals surface area contributed by atoms with Crippen LogP contribution in [0, 0.1) is 0 Å². The highest BCUT2D eigenvalue weighted by atomic mass is 32.1. The molecule has 0 bridgehead atoms. The van der Waals surface area contributed by atoms with Crippen LogP contribution in [-0.4, -0.2) is 24.1 Å². The van der Waals surface area contributed by atoms with Crippen LogP contribution >= 0.6 is 11.3 Å². The first kappa shape index (κ1) is 9.45. The Morgan fingerprint density at radius 1 is 1.71 bits per heavy atom. The van der Waals surface area contributed by atoms with Crippen molar-refractivity contribution in [2.75, 3.05) is 12.4 Å². The van der Waals surface area contributed by atoms with Crippen molar-refractivity contribution in [3.8, 4) is 0 Å². The maximum Gasteiger partial charge on any atom is 0.349 e. The number of ether oxygens (including phenoxy) is 1. The number of hydrogen-bond donors (Lipinski definition) is 1. The summed E-state index contributed by atoms with van der Waals surface area (Å²) in [7, 11) is 1.38. The van der Waals surface area contributed by atoms with Gasteiger partial charge in [0, 0.05) is 6.04 Å². The number of aromatic nitrogens is 1. The summed E-state index contributed by atoms with van der Waals surface area (Å²) in [6, 6.07) is 0.548. The van der Waals surface area contributed by atoms with Crippen LogP contribution in [0.5, 0.6) is 0 Å². The van der Waals surface area contributed by atoms with Gasteiger partial charge in [-0.3, -0.25) is 0 Å². The monoisotopic (exact) mass is 212 g/mol. The second kappa shape index (κ2) is 3.96. The number of nitrogens with zero attached hydrogens (tertiary/aromatic N) is 1. The molecular formula is C9H12N2O2S. The Morgan fingerprint density at radius 3 is 3.07 bits per heavy atom. The van der Waals surface area contributed by atoms with E-state index in [1.165, 1.54) is 37.7 Å². The molecule has 0 spiro atoms. The number of rotatable bonds is 3. The first-order valence-electron chi connectivity index (χ1n) is 4.60. The molecule has 5 heteroatoms. The molecule has 1 saturated carbocycles. The third kappa shape index (κ3) is 1.87. The third-order valence-electron chi connectivity index (χ3n) is 2.33. The van der Waals surface area contributed by atoms with E-state index in [4.69, 9.17) is 0 Å². The van der Waals surface area contributed by atoms with E-state index in [1.54, 1.807) is 6.20 Å². The maximum absolute atomic E-state index is 11.1. The van der Waals surface area contributed by atoms with E-state index in [-0.39, 0.29) is 5.97 Å². The summed E-state index contributed by atoms with van der Waals surface area (Å²) in [4.78, 5) is 15.8. The highest BCUT2D eigenvalue weighted by molar-refractivity contribution is 7.17. The van der Waals surface area contributed by atoms with Gasteiger partial charge in [0.15, 0.2) is 5.13 Å². The third-order valence-corrected chi connectivity index (χ3v) is 3.23. The van der Waals surface area contributed by atoms with Gasteiger partial charge in [-0.05, 0) is 19.3 Å². The number of carbonyl (C=O) groups excluding carboxylic acids is 1. The molecule has 0 amide bonds. The lowest BCUT2D eigenvalue weighted by molar-refractivity contribution is 0.0606. The second-order valence-electron chi connectivity index (χ2n) is 3.29. The fraction of sp³-hybridized carbons (Fsp3) is 0.556. The van der Waals surface area contributed by atoms with Crippen LogP contribution in [0.4, 0.5) is 5.13 Å². The standard InChI is InChI=1S/C9H12N2O2S/c1-13-8(12)7-5-10-9(14-7)11-6-3-2-4-6/h5-6H,2-4H2,1H3,(H,10,11). The van der Waals surface area contributed by atoms with E-state index in [0.29, 0.717) is 10.9 Å². The van der Waals surface area contributed by atoms with Crippen LogP contribution < -0.4 is 5.32 Å². The average Bonchev–Trinajstić information content (AvgIpc) is 2.58. The van der Waals surface area contributed by atoms with Crippen LogP contribution in [0.2, 0.25) is 0 Å². The zero-order valence-electron chi connectivity index (χ0n) is 7.95. The Morgan fingerprint density at radius 2 is 2.50 bits per heavy atom. The molecule has 0 unspecified atom stereocenters. The molecule has 0 aliphatic heterocycles. The van der Waals surface area contributed by atoms with Gasteiger partial charge in [-0.25, -0.2) is 9.78 Å². The molecule has 0 atom stereocenters. The van der Waals surface area contributed by atoms with Gasteiger partial charge in [-0.1, -0.05) is 11.3 Å². The van der Waals surface area contributed by atoms with Crippen LogP contribution in [0.1, 0.15) is 28.9 Å². The summed E-state index contributed by atoms with van der Waals surface area (Å²) in [5, 5.41) is 4.09. The highest BCUT2D eigenvalue weighted by Crippen LogP contribution is 2.26. The molecule has 0 radical (unpaired) electrons. The Labute approximate surface area is 86.3 Å². The van der Waals surface area contributed by atoms with E-state index < -0.39 is 0 Å². The summed E-state index contributed by atoms with van der Waals surface area (Å²) < 4.78 is 4.60. The molecule has 1 aliphatic rings. The lowest BCUT2D eigenvalue weighted by Crippen LogP contribution is -2.26. The number of nitrogens with one attached hydrogen (secondary N) is 1. The van der Waals surface area contributed by atoms with E-state index in [9.17, 15) is 4.79 Å². The molecule has 1 fully saturated rings. The average molecular weight is 212 g/mol. The highest BCUT2D eigenvalue weighted by Gasteiger charge is 2.19. The van der Waals surface area contributed by atoms with Crippen molar-refractivity contribution in [3.05, 3.63) is 11.1 Å². The largest absolute Gasteiger partial charge is 0.465 e. The quantitative estimate of drug-likeness (QED) is 0.777. The summed E-state index contributed by atoms with van der Waals surface area (Å²) in [6.45, 7) is 0. The van der Waals surface area contributed by atoms with Crippen molar-refractivity contribution in [1.82, 2.24) is 4.98 Å². The second-order valence-corrected chi connectivity index (χ2v) is 4.32. The van der Waals surface area contributed by atoms with E-state index >= 15 is 0 Å². The molecule has 0 saturated heterocycles. The first-order chi connectivity index (χ1) is 6.79. The Hall–Kier alpha value is -1.10. The molecule has 1 N–H and O–H groups in total. The number of thiazole rings is 1. The molecule has 1 aromatic heterocycles. The molecule has 14 heavy (non-hydrogen) atoms. The van der Waals surface area contributed by atoms with Crippen molar-refractivity contribution < 1.29 is 9.53 Å². The van der Waals surface area contributed by atoms with Gasteiger partial charge in [-0.2, -0.15) is 0 Å². The number of hydrogen-bond acceptors (Lipinski definition) is 5. The van der Waals surface area contributed by atoms with E-state index in [1.807, 2.05) is 0 Å². The van der Waals surface area contributed by atoms with Gasteiger partial charge in [0.05, 0.1) is 13.3 Å². The zero-order valence-corrected chi connectivity index (χ0v) is 8.76. The van der Waals surface area contributed by atoms with Crippen molar-refractivity contribution >= 4 is 22.4 Å². The molecule has 0 aromatic carbocycles. The molecule has 1 aromatic rings. The number of anilines is 1. The maximum atomic E-state index is 11.1. The lowest BCUT2D eigenvalue weighted by Gasteiger charge is -2.25. The Kier molecular flexibility index (Phi) is 2.67. The molecule has 2 rings (SSSR count). The molecule has 76 valence electrons. The van der Waals surface area contributed by atoms with E-state index in [2.05, 4.69) is 15.0 Å². The minimum atomic E-state index is -0.316. The van der Waals surface area contributed by atoms with Crippen molar-refractivity contribution in [2.45, 2.75) is 25.3 Å². The van der Waals surface area contributed by atoms with Gasteiger partial charge in [0.1, 0.15) is 4.88 Å². The minimum absolute atomic E-state index is 0.316. The van der Waals surface area contributed by atoms with Crippen LogP contribution in [0.15, 0.2) is 6.20 Å². The normalized spacial score (nSPS) is 16.1. The predicted octanol–water partition coefficient (Wildman–Crippen LogP) is 1.89. The SMILES string of the molecule is COC(=O)c1cnc(NC2CCC2)s1. The topological polar surface area (TPSA) is 51.2 Å². The summed E-state index contributed by atoms with van der Waals surface area (Å²) in [6.07, 6.45) is 5.24. The van der Waals surface area contributed by atoms with Crippen LogP contribution in [0.25, 0.3) is 0 Å². The summed E-state index contributed by atoms with van der Waals surface area (Å²) in [5.41, 5.74) is 0. The first-order valence-corrected chi connectivity index (χ1v) is 5.42. The van der Waals surface area contributed by atoms with E-state index in [0.717, 1.165) is 5.13 Å². The molecule has 1 aliphatic carbocycles. The molecule has 4 nitrogen and oxygen atoms in total. The van der Waals surface area contributed by atoms with Gasteiger partial charge in [-0.15, -0.1) is 0 Å². The fourth-order valence-electron chi connectivity index (χ4n) is 1.26. The van der Waals surface area contributed by atoms with Gasteiger partial charge in [0.2, 0.25) is 0 Å². The minimum Gasteiger partial charge on any atom is -0.465 e. The molecule has 1 heterocycles. The van der Waals surface area contributed by atoms with Crippen molar-refractivity contribution in [2.24, 2.45) is 0 Å². The van der Waals surface area contributed by atoms with Crippen LogP contribution in [-0.2, 0) is 4.74 Å². The smallest absolute Gasteiger partial charge is 0.349 e. The van der Waals surface area contributed by atoms with Crippen LogP contribution in [0.3, 0.4) is 0 Å². The van der Waals surface area contributed by atoms with Crippen molar-refractivity contribution in [1.29, 1.82) is 0 Å². The number of methoxy groups -OCH3 is 1. The van der Waals surface area contributed by atoms with Gasteiger partial charge in [0.25, 0.3) is 0 Å². The predicted molar refractivity (Wildman–Crippen MR) is 54.7 cm³/mol. The fourth-order valence-corrected chi connectivity index (χ4v) is 2.07.